The normalized spacial score (nSPS) is 17.9. The highest BCUT2D eigenvalue weighted by molar-refractivity contribution is 6.00. The summed E-state index contributed by atoms with van der Waals surface area (Å²) in [5.74, 6) is -0.0115. The van der Waals surface area contributed by atoms with E-state index < -0.39 is 5.92 Å². The standard InChI is InChI=1S/C25H24N4O4/c1-32-20-12-11-16(13-21(20)33-2)22-17(14-26)24(27)29(18-9-6-10-19(30)23(18)22)28-25(31)15-7-4-3-5-8-15/h3-5,7-8,11-13,22H,6,9-10,27H2,1-2H3,(H,28,31). The molecule has 2 aliphatic rings. The van der Waals surface area contributed by atoms with Gasteiger partial charge in [-0.15, -0.1) is 0 Å². The van der Waals surface area contributed by atoms with E-state index in [1.807, 2.05) is 6.07 Å². The van der Waals surface area contributed by atoms with Gasteiger partial charge in [0.05, 0.1) is 31.8 Å². The molecule has 1 amide bonds. The van der Waals surface area contributed by atoms with Gasteiger partial charge in [0.1, 0.15) is 5.82 Å². The lowest BCUT2D eigenvalue weighted by Crippen LogP contribution is -2.48. The molecule has 3 N–H and O–H groups in total. The number of hydrogen-bond acceptors (Lipinski definition) is 7. The van der Waals surface area contributed by atoms with E-state index >= 15 is 0 Å². The fourth-order valence-electron chi connectivity index (χ4n) is 4.34. The SMILES string of the molecule is COc1ccc(C2C(C#N)=C(N)N(NC(=O)c3ccccc3)C3=C2C(=O)CCC3)cc1OC. The Kier molecular flexibility index (Phi) is 6.05. The minimum atomic E-state index is -0.664. The van der Waals surface area contributed by atoms with Gasteiger partial charge >= 0.3 is 0 Å². The zero-order valence-electron chi connectivity index (χ0n) is 18.4. The van der Waals surface area contributed by atoms with Crippen molar-refractivity contribution in [3.63, 3.8) is 0 Å². The maximum absolute atomic E-state index is 13.1. The number of nitrogens with one attached hydrogen (secondary N) is 1. The zero-order chi connectivity index (χ0) is 23.5. The Morgan fingerprint density at radius 3 is 2.52 bits per heavy atom. The highest BCUT2D eigenvalue weighted by Gasteiger charge is 2.40. The van der Waals surface area contributed by atoms with Crippen molar-refractivity contribution in [2.45, 2.75) is 25.2 Å². The lowest BCUT2D eigenvalue weighted by Gasteiger charge is -2.39. The molecule has 1 aliphatic heterocycles. The van der Waals surface area contributed by atoms with Crippen molar-refractivity contribution >= 4 is 11.7 Å². The molecule has 8 nitrogen and oxygen atoms in total. The summed E-state index contributed by atoms with van der Waals surface area (Å²) in [5.41, 5.74) is 11.6. The molecule has 168 valence electrons. The van der Waals surface area contributed by atoms with Gasteiger partial charge in [-0.2, -0.15) is 5.26 Å². The average Bonchev–Trinajstić information content (AvgIpc) is 2.85. The highest BCUT2D eigenvalue weighted by atomic mass is 16.5. The third-order valence-corrected chi connectivity index (χ3v) is 5.90. The molecule has 0 fully saturated rings. The number of methoxy groups -OCH3 is 2. The van der Waals surface area contributed by atoms with Crippen molar-refractivity contribution in [1.29, 1.82) is 5.26 Å². The summed E-state index contributed by atoms with van der Waals surface area (Å²) in [6.07, 6.45) is 1.53. The number of nitrogens with two attached hydrogens (primary N) is 1. The summed E-state index contributed by atoms with van der Waals surface area (Å²) >= 11 is 0. The fraction of sp³-hybridized carbons (Fsp3) is 0.240. The zero-order valence-corrected chi connectivity index (χ0v) is 18.4. The number of Topliss-reactive ketones (excluding diaryl/α,β-unsaturated/α-hetero) is 1. The Balaban J connectivity index is 1.83. The quantitative estimate of drug-likeness (QED) is 0.727. The number of ether oxygens (including phenoxy) is 2. The molecule has 2 aromatic rings. The second-order valence-corrected chi connectivity index (χ2v) is 7.74. The monoisotopic (exact) mass is 444 g/mol. The molecule has 0 bridgehead atoms. The van der Waals surface area contributed by atoms with Crippen LogP contribution in [0.3, 0.4) is 0 Å². The largest absolute Gasteiger partial charge is 0.493 e. The summed E-state index contributed by atoms with van der Waals surface area (Å²) in [6, 6.07) is 16.1. The molecule has 2 aromatic carbocycles. The minimum absolute atomic E-state index is 0.0738. The van der Waals surface area contributed by atoms with E-state index in [-0.39, 0.29) is 23.1 Å². The van der Waals surface area contributed by atoms with Crippen LogP contribution in [0.25, 0.3) is 0 Å². The Hall–Kier alpha value is -4.25. The molecule has 33 heavy (non-hydrogen) atoms. The van der Waals surface area contributed by atoms with Crippen LogP contribution in [0.15, 0.2) is 71.2 Å². The average molecular weight is 444 g/mol. The molecule has 0 aromatic heterocycles. The van der Waals surface area contributed by atoms with Crippen molar-refractivity contribution in [3.8, 4) is 17.6 Å². The first kappa shape index (κ1) is 22.0. The number of ketones is 1. The molecule has 0 saturated heterocycles. The summed E-state index contributed by atoms with van der Waals surface area (Å²) in [5, 5.41) is 11.4. The Morgan fingerprint density at radius 1 is 1.12 bits per heavy atom. The van der Waals surface area contributed by atoms with Crippen LogP contribution in [0.5, 0.6) is 11.5 Å². The van der Waals surface area contributed by atoms with E-state index in [0.717, 1.165) is 0 Å². The van der Waals surface area contributed by atoms with Crippen LogP contribution in [0, 0.1) is 11.3 Å². The van der Waals surface area contributed by atoms with Gasteiger partial charge in [-0.05, 0) is 42.7 Å². The number of nitrogens with zero attached hydrogens (tertiary/aromatic N) is 2. The molecule has 1 atom stereocenters. The van der Waals surface area contributed by atoms with E-state index in [0.29, 0.717) is 53.2 Å². The number of hydrogen-bond donors (Lipinski definition) is 2. The van der Waals surface area contributed by atoms with Gasteiger partial charge in [-0.3, -0.25) is 15.0 Å². The first-order valence-corrected chi connectivity index (χ1v) is 10.5. The number of amides is 1. The summed E-state index contributed by atoms with van der Waals surface area (Å²) in [7, 11) is 3.06. The molecule has 8 heteroatoms. The van der Waals surface area contributed by atoms with Gasteiger partial charge in [-0.1, -0.05) is 24.3 Å². The van der Waals surface area contributed by atoms with E-state index in [9.17, 15) is 14.9 Å². The lowest BCUT2D eigenvalue weighted by molar-refractivity contribution is -0.116. The van der Waals surface area contributed by atoms with Crippen LogP contribution in [0.1, 0.15) is 41.1 Å². The molecule has 4 rings (SSSR count). The van der Waals surface area contributed by atoms with Crippen molar-refractivity contribution in [2.75, 3.05) is 14.2 Å². The fourth-order valence-corrected chi connectivity index (χ4v) is 4.34. The predicted octanol–water partition coefficient (Wildman–Crippen LogP) is 3.15. The maximum atomic E-state index is 13.1. The Bertz CT molecular complexity index is 1210. The van der Waals surface area contributed by atoms with Crippen LogP contribution in [0.4, 0.5) is 0 Å². The smallest absolute Gasteiger partial charge is 0.270 e. The molecule has 0 saturated carbocycles. The topological polar surface area (TPSA) is 118 Å². The summed E-state index contributed by atoms with van der Waals surface area (Å²) in [4.78, 5) is 26.0. The summed E-state index contributed by atoms with van der Waals surface area (Å²) < 4.78 is 10.7. The predicted molar refractivity (Wildman–Crippen MR) is 121 cm³/mol. The van der Waals surface area contributed by atoms with Crippen molar-refractivity contribution in [3.05, 3.63) is 82.3 Å². The van der Waals surface area contributed by atoms with Crippen LogP contribution in [0.2, 0.25) is 0 Å². The molecule has 1 heterocycles. The van der Waals surface area contributed by atoms with Crippen LogP contribution in [-0.4, -0.2) is 30.9 Å². The van der Waals surface area contributed by atoms with Gasteiger partial charge in [0, 0.05) is 23.3 Å². The van der Waals surface area contributed by atoms with Crippen molar-refractivity contribution in [2.24, 2.45) is 5.73 Å². The number of hydrazine groups is 1. The molecular formula is C25H24N4O4. The van der Waals surface area contributed by atoms with Gasteiger partial charge in [0.15, 0.2) is 17.3 Å². The molecule has 1 aliphatic carbocycles. The Labute approximate surface area is 191 Å². The van der Waals surface area contributed by atoms with E-state index in [4.69, 9.17) is 15.2 Å². The number of nitriles is 1. The third-order valence-electron chi connectivity index (χ3n) is 5.90. The van der Waals surface area contributed by atoms with Crippen molar-refractivity contribution in [1.82, 2.24) is 10.4 Å². The molecule has 0 radical (unpaired) electrons. The van der Waals surface area contributed by atoms with E-state index in [1.165, 1.54) is 19.2 Å². The first-order valence-electron chi connectivity index (χ1n) is 10.5. The maximum Gasteiger partial charge on any atom is 0.270 e. The number of carbonyl (C=O) groups is 2. The summed E-state index contributed by atoms with van der Waals surface area (Å²) in [6.45, 7) is 0. The lowest BCUT2D eigenvalue weighted by atomic mass is 9.76. The number of benzene rings is 2. The second kappa shape index (κ2) is 9.09. The van der Waals surface area contributed by atoms with Crippen LogP contribution >= 0.6 is 0 Å². The molecule has 1 unspecified atom stereocenters. The first-order chi connectivity index (χ1) is 16.0. The molecule has 0 spiro atoms. The van der Waals surface area contributed by atoms with Gasteiger partial charge in [-0.25, -0.2) is 5.01 Å². The Morgan fingerprint density at radius 2 is 1.85 bits per heavy atom. The minimum Gasteiger partial charge on any atom is -0.493 e. The van der Waals surface area contributed by atoms with Gasteiger partial charge in [0.25, 0.3) is 5.91 Å². The van der Waals surface area contributed by atoms with Gasteiger partial charge < -0.3 is 15.2 Å². The van der Waals surface area contributed by atoms with Crippen LogP contribution in [-0.2, 0) is 4.79 Å². The van der Waals surface area contributed by atoms with Crippen molar-refractivity contribution < 1.29 is 19.1 Å². The van der Waals surface area contributed by atoms with Gasteiger partial charge in [0.2, 0.25) is 0 Å². The molecular weight excluding hydrogens is 420 g/mol. The number of allylic oxidation sites excluding steroid dienone is 3. The second-order valence-electron chi connectivity index (χ2n) is 7.74. The van der Waals surface area contributed by atoms with E-state index in [2.05, 4.69) is 11.5 Å². The highest BCUT2D eigenvalue weighted by Crippen LogP contribution is 2.45. The van der Waals surface area contributed by atoms with Crippen LogP contribution < -0.4 is 20.6 Å². The number of carbonyl (C=O) groups excluding carboxylic acids is 2. The number of rotatable bonds is 5. The third kappa shape index (κ3) is 3.89. The van der Waals surface area contributed by atoms with E-state index in [1.54, 1.807) is 42.5 Å².